The number of H-pyrrole nitrogens is 2. The molecule has 0 saturated heterocycles. The summed E-state index contributed by atoms with van der Waals surface area (Å²) in [6, 6.07) is 14.8. The molecule has 0 spiro atoms. The van der Waals surface area contributed by atoms with E-state index in [-0.39, 0.29) is 0 Å². The Balaban J connectivity index is 0.000000133. The Bertz CT molecular complexity index is 923. The topological polar surface area (TPSA) is 91.5 Å². The number of rotatable bonds is 0. The van der Waals surface area contributed by atoms with E-state index >= 15 is 0 Å². The van der Waals surface area contributed by atoms with Crippen molar-refractivity contribution in [2.75, 3.05) is 0 Å². The number of hydrogen-bond donors (Lipinski definition) is 2. The van der Waals surface area contributed by atoms with Crippen molar-refractivity contribution in [3.05, 3.63) is 81.6 Å². The molecule has 2 N–H and O–H groups in total. The van der Waals surface area contributed by atoms with Gasteiger partial charge in [-0.2, -0.15) is 0 Å². The Kier molecular flexibility index (Phi) is 3.74. The van der Waals surface area contributed by atoms with E-state index in [4.69, 9.17) is 0 Å². The average molecular weight is 292 g/mol. The van der Waals surface area contributed by atoms with Crippen molar-refractivity contribution in [2.24, 2.45) is 0 Å². The van der Waals surface area contributed by atoms with Gasteiger partial charge in [-0.15, -0.1) is 0 Å². The van der Waals surface area contributed by atoms with Crippen LogP contribution in [-0.4, -0.2) is 19.9 Å². The molecular formula is C16H12N4O2. The van der Waals surface area contributed by atoms with Crippen molar-refractivity contribution in [2.45, 2.75) is 0 Å². The van der Waals surface area contributed by atoms with Gasteiger partial charge in [0.2, 0.25) is 0 Å². The summed E-state index contributed by atoms with van der Waals surface area (Å²) in [7, 11) is 0. The first-order valence-corrected chi connectivity index (χ1v) is 6.61. The van der Waals surface area contributed by atoms with Gasteiger partial charge in [0, 0.05) is 12.4 Å². The van der Waals surface area contributed by atoms with Crippen molar-refractivity contribution in [1.29, 1.82) is 0 Å². The van der Waals surface area contributed by atoms with Crippen LogP contribution in [0, 0.1) is 0 Å². The normalized spacial score (nSPS) is 10.2. The van der Waals surface area contributed by atoms with E-state index in [2.05, 4.69) is 19.9 Å². The van der Waals surface area contributed by atoms with Crippen molar-refractivity contribution in [1.82, 2.24) is 19.9 Å². The van der Waals surface area contributed by atoms with Crippen molar-refractivity contribution < 1.29 is 0 Å². The highest BCUT2D eigenvalue weighted by Crippen LogP contribution is 2.04. The molecule has 0 aliphatic heterocycles. The molecule has 0 aliphatic rings. The largest absolute Gasteiger partial charge is 0.316 e. The fourth-order valence-corrected chi connectivity index (χ4v) is 1.97. The van der Waals surface area contributed by atoms with Gasteiger partial charge in [-0.1, -0.05) is 24.3 Å². The predicted molar refractivity (Wildman–Crippen MR) is 84.7 cm³/mol. The van der Waals surface area contributed by atoms with E-state index in [9.17, 15) is 9.59 Å². The molecule has 0 atom stereocenters. The highest BCUT2D eigenvalue weighted by Gasteiger charge is 1.95. The van der Waals surface area contributed by atoms with E-state index in [1.165, 1.54) is 0 Å². The second-order valence-corrected chi connectivity index (χ2v) is 4.50. The summed E-state index contributed by atoms with van der Waals surface area (Å²) < 4.78 is 0. The molecule has 0 fully saturated rings. The SMILES string of the molecule is O=c1[nH]c2ccccc2[nH]c1=O.c1ccc2nccnc2c1. The third-order valence-corrected chi connectivity index (χ3v) is 3.01. The van der Waals surface area contributed by atoms with Crippen LogP contribution < -0.4 is 11.1 Å². The fourth-order valence-electron chi connectivity index (χ4n) is 1.97. The van der Waals surface area contributed by atoms with Crippen LogP contribution in [-0.2, 0) is 0 Å². The first-order chi connectivity index (χ1) is 10.7. The van der Waals surface area contributed by atoms with Crippen LogP contribution in [0.25, 0.3) is 22.1 Å². The molecule has 2 heterocycles. The van der Waals surface area contributed by atoms with E-state index in [0.717, 1.165) is 11.0 Å². The van der Waals surface area contributed by atoms with Crippen LogP contribution >= 0.6 is 0 Å². The van der Waals surface area contributed by atoms with Gasteiger partial charge in [0.1, 0.15) is 0 Å². The summed E-state index contributed by atoms with van der Waals surface area (Å²) >= 11 is 0. The van der Waals surface area contributed by atoms with Crippen molar-refractivity contribution >= 4 is 22.1 Å². The highest BCUT2D eigenvalue weighted by molar-refractivity contribution is 5.73. The second kappa shape index (κ2) is 6.01. The Hall–Kier alpha value is -3.28. The summed E-state index contributed by atoms with van der Waals surface area (Å²) in [6.07, 6.45) is 3.39. The summed E-state index contributed by atoms with van der Waals surface area (Å²) in [5, 5.41) is 0. The average Bonchev–Trinajstić information content (AvgIpc) is 2.57. The number of fused-ring (bicyclic) bond motifs is 2. The number of benzene rings is 2. The zero-order valence-electron chi connectivity index (χ0n) is 11.5. The van der Waals surface area contributed by atoms with Gasteiger partial charge in [-0.3, -0.25) is 19.6 Å². The minimum atomic E-state index is -0.617. The third kappa shape index (κ3) is 2.90. The lowest BCUT2D eigenvalue weighted by atomic mass is 10.3. The number of nitrogens with zero attached hydrogens (tertiary/aromatic N) is 2. The minimum Gasteiger partial charge on any atom is -0.316 e. The third-order valence-electron chi connectivity index (χ3n) is 3.01. The summed E-state index contributed by atoms with van der Waals surface area (Å²) in [5.41, 5.74) is 1.95. The molecular weight excluding hydrogens is 280 g/mol. The maximum Gasteiger partial charge on any atom is 0.314 e. The molecule has 2 aromatic heterocycles. The van der Waals surface area contributed by atoms with Crippen LogP contribution in [0.1, 0.15) is 0 Å². The smallest absolute Gasteiger partial charge is 0.314 e. The number of nitrogens with one attached hydrogen (secondary N) is 2. The summed E-state index contributed by atoms with van der Waals surface area (Å²) in [5.74, 6) is 0. The highest BCUT2D eigenvalue weighted by atomic mass is 16.2. The molecule has 0 amide bonds. The van der Waals surface area contributed by atoms with Gasteiger partial charge in [-0.25, -0.2) is 0 Å². The van der Waals surface area contributed by atoms with Gasteiger partial charge >= 0.3 is 11.1 Å². The predicted octanol–water partition coefficient (Wildman–Crippen LogP) is 1.85. The van der Waals surface area contributed by atoms with Gasteiger partial charge in [0.25, 0.3) is 0 Å². The number of para-hydroxylation sites is 4. The van der Waals surface area contributed by atoms with E-state index in [1.807, 2.05) is 24.3 Å². The van der Waals surface area contributed by atoms with Gasteiger partial charge in [0.05, 0.1) is 22.1 Å². The number of aromatic amines is 2. The molecule has 0 unspecified atom stereocenters. The molecule has 6 nitrogen and oxygen atoms in total. The molecule has 0 saturated carbocycles. The first-order valence-electron chi connectivity index (χ1n) is 6.61. The van der Waals surface area contributed by atoms with Crippen LogP contribution in [0.4, 0.5) is 0 Å². The van der Waals surface area contributed by atoms with Gasteiger partial charge < -0.3 is 9.97 Å². The summed E-state index contributed by atoms with van der Waals surface area (Å²) in [6.45, 7) is 0. The van der Waals surface area contributed by atoms with Crippen LogP contribution in [0.5, 0.6) is 0 Å². The van der Waals surface area contributed by atoms with E-state index in [0.29, 0.717) is 11.0 Å². The van der Waals surface area contributed by atoms with E-state index in [1.54, 1.807) is 36.7 Å². The first kappa shape index (κ1) is 13.7. The van der Waals surface area contributed by atoms with Crippen LogP contribution in [0.15, 0.2) is 70.5 Å². The molecule has 22 heavy (non-hydrogen) atoms. The lowest BCUT2D eigenvalue weighted by molar-refractivity contribution is 1.15. The molecule has 4 rings (SSSR count). The molecule has 6 heteroatoms. The standard InChI is InChI=1S/C8H6N2O2.C8H6N2/c11-7-8(12)10-6-4-2-1-3-5(6)9-7;1-2-4-8-7(3-1)9-5-6-10-8/h1-4H,(H,9,11)(H,10,12);1-6H. The molecule has 0 radical (unpaired) electrons. The Morgan fingerprint density at radius 1 is 0.636 bits per heavy atom. The molecule has 108 valence electrons. The monoisotopic (exact) mass is 292 g/mol. The Labute approximate surface area is 124 Å². The molecule has 2 aromatic carbocycles. The molecule has 4 aromatic rings. The van der Waals surface area contributed by atoms with E-state index < -0.39 is 11.1 Å². The Morgan fingerprint density at radius 3 is 1.50 bits per heavy atom. The lowest BCUT2D eigenvalue weighted by Gasteiger charge is -1.93. The summed E-state index contributed by atoms with van der Waals surface area (Å²) in [4.78, 5) is 34.8. The quantitative estimate of drug-likeness (QED) is 0.484. The molecule has 0 aliphatic carbocycles. The van der Waals surface area contributed by atoms with Crippen LogP contribution in [0.3, 0.4) is 0 Å². The Morgan fingerprint density at radius 2 is 1.05 bits per heavy atom. The van der Waals surface area contributed by atoms with Crippen molar-refractivity contribution in [3.8, 4) is 0 Å². The van der Waals surface area contributed by atoms with Crippen LogP contribution in [0.2, 0.25) is 0 Å². The molecule has 0 bridgehead atoms. The second-order valence-electron chi connectivity index (χ2n) is 4.50. The fraction of sp³-hybridized carbons (Fsp3) is 0. The van der Waals surface area contributed by atoms with Gasteiger partial charge in [0.15, 0.2) is 0 Å². The zero-order valence-corrected chi connectivity index (χ0v) is 11.5. The maximum absolute atomic E-state index is 10.8. The lowest BCUT2D eigenvalue weighted by Crippen LogP contribution is -2.28. The van der Waals surface area contributed by atoms with Gasteiger partial charge in [-0.05, 0) is 24.3 Å². The maximum atomic E-state index is 10.8. The minimum absolute atomic E-state index is 0.617. The number of aromatic nitrogens is 4. The number of hydrogen-bond acceptors (Lipinski definition) is 4. The zero-order chi connectivity index (χ0) is 15.4. The van der Waals surface area contributed by atoms with Crippen molar-refractivity contribution in [3.63, 3.8) is 0 Å².